The second kappa shape index (κ2) is 9.57. The number of hydrogen-bond donors (Lipinski definition) is 1. The zero-order chi connectivity index (χ0) is 23.6. The molecule has 1 saturated carbocycles. The summed E-state index contributed by atoms with van der Waals surface area (Å²) in [6, 6.07) is 9.52. The summed E-state index contributed by atoms with van der Waals surface area (Å²) in [7, 11) is 0. The van der Waals surface area contributed by atoms with Gasteiger partial charge in [-0.25, -0.2) is 0 Å². The van der Waals surface area contributed by atoms with Crippen molar-refractivity contribution in [1.29, 1.82) is 0 Å². The van der Waals surface area contributed by atoms with E-state index < -0.39 is 17.8 Å². The van der Waals surface area contributed by atoms with Crippen molar-refractivity contribution in [2.45, 2.75) is 64.2 Å². The van der Waals surface area contributed by atoms with Gasteiger partial charge < -0.3 is 10.0 Å². The molecular formula is C24H28F3N3O3. The third-order valence-electron chi connectivity index (χ3n) is 6.87. The highest BCUT2D eigenvalue weighted by Gasteiger charge is 2.41. The maximum absolute atomic E-state index is 13.6. The fourth-order valence-corrected chi connectivity index (χ4v) is 4.98. The molecule has 1 aliphatic heterocycles. The number of alkyl halides is 3. The Morgan fingerprint density at radius 2 is 1.79 bits per heavy atom. The van der Waals surface area contributed by atoms with Gasteiger partial charge in [-0.05, 0) is 50.0 Å². The number of rotatable bonds is 6. The summed E-state index contributed by atoms with van der Waals surface area (Å²) in [5.74, 6) is -1.08. The lowest BCUT2D eigenvalue weighted by molar-refractivity contribution is -0.143. The average molecular weight is 464 g/mol. The highest BCUT2D eigenvalue weighted by atomic mass is 19.4. The first-order valence-electron chi connectivity index (χ1n) is 11.4. The van der Waals surface area contributed by atoms with Crippen LogP contribution in [-0.2, 0) is 41.7 Å². The van der Waals surface area contributed by atoms with Crippen molar-refractivity contribution in [3.8, 4) is 0 Å². The van der Waals surface area contributed by atoms with Crippen LogP contribution in [0.4, 0.5) is 13.2 Å². The van der Waals surface area contributed by atoms with Gasteiger partial charge in [0.05, 0.1) is 18.2 Å². The Hall–Kier alpha value is -2.84. The quantitative estimate of drug-likeness (QED) is 0.693. The highest BCUT2D eigenvalue weighted by Crippen LogP contribution is 2.36. The number of fused-ring (bicyclic) bond motifs is 1. The number of benzene rings is 1. The molecule has 1 aromatic carbocycles. The largest absolute Gasteiger partial charge is 0.481 e. The second-order valence-corrected chi connectivity index (χ2v) is 9.06. The van der Waals surface area contributed by atoms with Gasteiger partial charge in [-0.2, -0.15) is 18.3 Å². The van der Waals surface area contributed by atoms with Gasteiger partial charge in [0.15, 0.2) is 5.69 Å². The predicted octanol–water partition coefficient (Wildman–Crippen LogP) is 4.31. The van der Waals surface area contributed by atoms with Gasteiger partial charge in [0.1, 0.15) is 0 Å². The van der Waals surface area contributed by atoms with Crippen LogP contribution in [0.15, 0.2) is 30.3 Å². The predicted molar refractivity (Wildman–Crippen MR) is 114 cm³/mol. The van der Waals surface area contributed by atoms with Crippen LogP contribution >= 0.6 is 0 Å². The number of carboxylic acids is 1. The first-order chi connectivity index (χ1) is 15.7. The van der Waals surface area contributed by atoms with E-state index >= 15 is 0 Å². The molecule has 6 nitrogen and oxygen atoms in total. The summed E-state index contributed by atoms with van der Waals surface area (Å²) in [4.78, 5) is 25.7. The Kier molecular flexibility index (Phi) is 6.76. The molecule has 0 saturated heterocycles. The highest BCUT2D eigenvalue weighted by molar-refractivity contribution is 5.77. The smallest absolute Gasteiger partial charge is 0.435 e. The van der Waals surface area contributed by atoms with Crippen molar-refractivity contribution in [2.24, 2.45) is 11.8 Å². The monoisotopic (exact) mass is 463 g/mol. The number of aromatic nitrogens is 2. The summed E-state index contributed by atoms with van der Waals surface area (Å²) in [6.07, 6.45) is -1.02. The minimum atomic E-state index is -4.53. The molecule has 33 heavy (non-hydrogen) atoms. The molecule has 0 spiro atoms. The molecular weight excluding hydrogens is 435 g/mol. The van der Waals surface area contributed by atoms with Gasteiger partial charge in [0.2, 0.25) is 5.91 Å². The van der Waals surface area contributed by atoms with Crippen LogP contribution < -0.4 is 0 Å². The van der Waals surface area contributed by atoms with E-state index in [0.29, 0.717) is 50.8 Å². The molecule has 2 aromatic rings. The van der Waals surface area contributed by atoms with Crippen molar-refractivity contribution >= 4 is 11.9 Å². The zero-order valence-corrected chi connectivity index (χ0v) is 18.4. The maximum atomic E-state index is 13.6. The lowest BCUT2D eigenvalue weighted by Gasteiger charge is -2.31. The summed E-state index contributed by atoms with van der Waals surface area (Å²) < 4.78 is 42.2. The first kappa shape index (κ1) is 23.3. The Morgan fingerprint density at radius 3 is 2.42 bits per heavy atom. The Balaban J connectivity index is 1.45. The summed E-state index contributed by atoms with van der Waals surface area (Å²) >= 11 is 0. The number of aliphatic carboxylic acids is 1. The number of aryl methyl sites for hydroxylation is 2. The molecule has 1 N–H and O–H groups in total. The number of amides is 1. The zero-order valence-electron chi connectivity index (χ0n) is 18.4. The fourth-order valence-electron chi connectivity index (χ4n) is 4.98. The van der Waals surface area contributed by atoms with E-state index in [4.69, 9.17) is 5.11 Å². The van der Waals surface area contributed by atoms with E-state index in [9.17, 15) is 22.8 Å². The van der Waals surface area contributed by atoms with Crippen molar-refractivity contribution in [3.05, 3.63) is 52.8 Å². The number of carboxylic acid groups (broad SMARTS) is 1. The summed E-state index contributed by atoms with van der Waals surface area (Å²) in [5, 5.41) is 13.1. The lowest BCUT2D eigenvalue weighted by Crippen LogP contribution is -2.38. The molecule has 0 unspecified atom stereocenters. The standard InChI is InChI=1S/C24H28F3N3O3/c25-24(26,27)22-19-11-12-29(21(31)14-17-6-8-18(9-7-17)23(32)33)15-20(19)30(28-22)13-10-16-4-2-1-3-5-16/h1-5,17-18H,6-15H2,(H,32,33). The molecule has 0 atom stereocenters. The van der Waals surface area contributed by atoms with Crippen LogP contribution in [0.1, 0.15) is 54.6 Å². The van der Waals surface area contributed by atoms with Gasteiger partial charge in [0.25, 0.3) is 0 Å². The molecule has 0 radical (unpaired) electrons. The van der Waals surface area contributed by atoms with Gasteiger partial charge in [-0.3, -0.25) is 14.3 Å². The Labute approximate surface area is 190 Å². The minimum Gasteiger partial charge on any atom is -0.481 e. The van der Waals surface area contributed by atoms with Crippen LogP contribution in [0.5, 0.6) is 0 Å². The van der Waals surface area contributed by atoms with Crippen LogP contribution in [0.2, 0.25) is 0 Å². The molecule has 1 fully saturated rings. The topological polar surface area (TPSA) is 75.4 Å². The van der Waals surface area contributed by atoms with Crippen molar-refractivity contribution in [1.82, 2.24) is 14.7 Å². The summed E-state index contributed by atoms with van der Waals surface area (Å²) in [6.45, 7) is 0.671. The second-order valence-electron chi connectivity index (χ2n) is 9.06. The third kappa shape index (κ3) is 5.39. The van der Waals surface area contributed by atoms with E-state index in [1.165, 1.54) is 4.68 Å². The molecule has 1 aromatic heterocycles. The van der Waals surface area contributed by atoms with Crippen LogP contribution in [0.3, 0.4) is 0 Å². The SMILES string of the molecule is O=C(O)C1CCC(CC(=O)N2CCc3c(C(F)(F)F)nn(CCc4ccccc4)c3C2)CC1. The van der Waals surface area contributed by atoms with Gasteiger partial charge in [-0.15, -0.1) is 0 Å². The molecule has 1 aliphatic carbocycles. The molecule has 4 rings (SSSR count). The molecule has 1 amide bonds. The van der Waals surface area contributed by atoms with Crippen LogP contribution in [0.25, 0.3) is 0 Å². The summed E-state index contributed by atoms with van der Waals surface area (Å²) in [5.41, 5.74) is 0.828. The number of nitrogens with zero attached hydrogens (tertiary/aromatic N) is 3. The molecule has 9 heteroatoms. The van der Waals surface area contributed by atoms with Crippen LogP contribution in [-0.4, -0.2) is 38.2 Å². The lowest BCUT2D eigenvalue weighted by atomic mass is 9.80. The van der Waals surface area contributed by atoms with Crippen LogP contribution in [0, 0.1) is 11.8 Å². The number of hydrogen-bond acceptors (Lipinski definition) is 3. The fraction of sp³-hybridized carbons (Fsp3) is 0.542. The van der Waals surface area contributed by atoms with Gasteiger partial charge in [-0.1, -0.05) is 30.3 Å². The van der Waals surface area contributed by atoms with Crippen molar-refractivity contribution in [2.75, 3.05) is 6.54 Å². The van der Waals surface area contributed by atoms with Crippen molar-refractivity contribution < 1.29 is 27.9 Å². The Bertz CT molecular complexity index is 996. The van der Waals surface area contributed by atoms with Crippen molar-refractivity contribution in [3.63, 3.8) is 0 Å². The Morgan fingerprint density at radius 1 is 1.09 bits per heavy atom. The van der Waals surface area contributed by atoms with Gasteiger partial charge in [0, 0.05) is 25.1 Å². The van der Waals surface area contributed by atoms with E-state index in [0.717, 1.165) is 5.56 Å². The third-order valence-corrected chi connectivity index (χ3v) is 6.87. The van der Waals surface area contributed by atoms with E-state index in [1.807, 2.05) is 30.3 Å². The van der Waals surface area contributed by atoms with E-state index in [2.05, 4.69) is 5.10 Å². The normalized spacial score (nSPS) is 21.0. The van der Waals surface area contributed by atoms with Gasteiger partial charge >= 0.3 is 12.1 Å². The van der Waals surface area contributed by atoms with E-state index in [-0.39, 0.29) is 42.8 Å². The number of halogens is 3. The molecule has 178 valence electrons. The average Bonchev–Trinajstić information content (AvgIpc) is 3.17. The van der Waals surface area contributed by atoms with E-state index in [1.54, 1.807) is 4.90 Å². The maximum Gasteiger partial charge on any atom is 0.435 e. The molecule has 2 aliphatic rings. The minimum absolute atomic E-state index is 0.0798. The molecule has 2 heterocycles. The first-order valence-corrected chi connectivity index (χ1v) is 11.4. The molecule has 0 bridgehead atoms. The number of carbonyl (C=O) groups excluding carboxylic acids is 1. The number of carbonyl (C=O) groups is 2.